The van der Waals surface area contributed by atoms with Crippen molar-refractivity contribution in [1.82, 2.24) is 5.32 Å². The van der Waals surface area contributed by atoms with Crippen molar-refractivity contribution in [3.63, 3.8) is 0 Å². The first-order chi connectivity index (χ1) is 14.7. The van der Waals surface area contributed by atoms with Crippen LogP contribution in [-0.4, -0.2) is 37.6 Å². The Morgan fingerprint density at radius 2 is 1.83 bits per heavy atom. The average Bonchev–Trinajstić information content (AvgIpc) is 3.55. The number of carbonyl (C=O) groups excluding carboxylic acids is 2. The highest BCUT2D eigenvalue weighted by atomic mass is 16.6. The molecule has 0 radical (unpaired) electrons. The van der Waals surface area contributed by atoms with Gasteiger partial charge in [0.05, 0.1) is 5.92 Å². The Balaban J connectivity index is 1.25. The number of carbonyl (C=O) groups is 2. The van der Waals surface area contributed by atoms with E-state index in [1.165, 1.54) is 5.56 Å². The molecule has 2 heterocycles. The van der Waals surface area contributed by atoms with E-state index in [2.05, 4.69) is 17.4 Å². The van der Waals surface area contributed by atoms with E-state index < -0.39 is 0 Å². The molecule has 156 valence electrons. The molecule has 2 fully saturated rings. The minimum absolute atomic E-state index is 0.0174. The molecule has 6 heteroatoms. The SMILES string of the molecule is O=C(NC(Cc1ccccc1)C1CC1)C1CC(=O)N(c2ccc3c(c2)OCCO3)C1. The van der Waals surface area contributed by atoms with Crippen molar-refractivity contribution in [2.45, 2.75) is 31.7 Å². The number of benzene rings is 2. The highest BCUT2D eigenvalue weighted by molar-refractivity contribution is 6.00. The molecule has 2 atom stereocenters. The van der Waals surface area contributed by atoms with E-state index in [0.717, 1.165) is 24.9 Å². The summed E-state index contributed by atoms with van der Waals surface area (Å²) in [4.78, 5) is 27.3. The molecule has 2 aromatic rings. The summed E-state index contributed by atoms with van der Waals surface area (Å²) >= 11 is 0. The number of hydrogen-bond acceptors (Lipinski definition) is 4. The summed E-state index contributed by atoms with van der Waals surface area (Å²) < 4.78 is 11.2. The van der Waals surface area contributed by atoms with Crippen LogP contribution in [0.2, 0.25) is 0 Å². The fourth-order valence-electron chi connectivity index (χ4n) is 4.34. The maximum absolute atomic E-state index is 13.0. The fraction of sp³-hybridized carbons (Fsp3) is 0.417. The molecular formula is C24H26N2O4. The van der Waals surface area contributed by atoms with E-state index in [1.807, 2.05) is 36.4 Å². The van der Waals surface area contributed by atoms with Gasteiger partial charge in [0.15, 0.2) is 11.5 Å². The monoisotopic (exact) mass is 406 g/mol. The van der Waals surface area contributed by atoms with Crippen LogP contribution in [0, 0.1) is 11.8 Å². The van der Waals surface area contributed by atoms with Crippen LogP contribution in [0.15, 0.2) is 48.5 Å². The molecule has 0 spiro atoms. The third-order valence-electron chi connectivity index (χ3n) is 6.15. The Morgan fingerprint density at radius 1 is 1.07 bits per heavy atom. The lowest BCUT2D eigenvalue weighted by molar-refractivity contribution is -0.127. The van der Waals surface area contributed by atoms with Crippen LogP contribution in [0.3, 0.4) is 0 Å². The molecular weight excluding hydrogens is 380 g/mol. The van der Waals surface area contributed by atoms with Crippen LogP contribution in [0.4, 0.5) is 5.69 Å². The Morgan fingerprint density at radius 3 is 2.60 bits per heavy atom. The maximum atomic E-state index is 13.0. The molecule has 3 aliphatic rings. The predicted octanol–water partition coefficient (Wildman–Crippen LogP) is 2.95. The summed E-state index contributed by atoms with van der Waals surface area (Å²) in [6, 6.07) is 15.9. The zero-order valence-electron chi connectivity index (χ0n) is 16.9. The third kappa shape index (κ3) is 3.99. The topological polar surface area (TPSA) is 67.9 Å². The standard InChI is InChI=1S/C24H26N2O4/c27-23-13-18(15-26(23)19-8-9-21-22(14-19)30-11-10-29-21)24(28)25-20(17-6-7-17)12-16-4-2-1-3-5-16/h1-5,8-9,14,17-18,20H,6-7,10-13,15H2,(H,25,28). The van der Waals surface area contributed by atoms with E-state index in [9.17, 15) is 9.59 Å². The number of nitrogens with one attached hydrogen (secondary N) is 1. The first kappa shape index (κ1) is 19.0. The Hall–Kier alpha value is -3.02. The van der Waals surface area contributed by atoms with Crippen LogP contribution in [-0.2, 0) is 16.0 Å². The molecule has 30 heavy (non-hydrogen) atoms. The summed E-state index contributed by atoms with van der Waals surface area (Å²) in [5, 5.41) is 3.25. The lowest BCUT2D eigenvalue weighted by Crippen LogP contribution is -2.42. The van der Waals surface area contributed by atoms with E-state index in [4.69, 9.17) is 9.47 Å². The molecule has 1 aliphatic carbocycles. The molecule has 2 amide bonds. The normalized spacial score (nSPS) is 21.4. The minimum Gasteiger partial charge on any atom is -0.486 e. The van der Waals surface area contributed by atoms with Crippen LogP contribution in [0.25, 0.3) is 0 Å². The molecule has 0 bridgehead atoms. The van der Waals surface area contributed by atoms with Crippen LogP contribution in [0.1, 0.15) is 24.8 Å². The number of fused-ring (bicyclic) bond motifs is 1. The molecule has 6 nitrogen and oxygen atoms in total. The third-order valence-corrected chi connectivity index (χ3v) is 6.15. The number of amides is 2. The van der Waals surface area contributed by atoms with Crippen molar-refractivity contribution >= 4 is 17.5 Å². The molecule has 2 aromatic carbocycles. The van der Waals surface area contributed by atoms with Gasteiger partial charge in [-0.05, 0) is 42.9 Å². The molecule has 5 rings (SSSR count). The highest BCUT2D eigenvalue weighted by Gasteiger charge is 2.38. The van der Waals surface area contributed by atoms with Crippen LogP contribution >= 0.6 is 0 Å². The second kappa shape index (κ2) is 8.01. The summed E-state index contributed by atoms with van der Waals surface area (Å²) in [7, 11) is 0. The van der Waals surface area contributed by atoms with E-state index in [-0.39, 0.29) is 30.2 Å². The van der Waals surface area contributed by atoms with Crippen molar-refractivity contribution in [2.24, 2.45) is 11.8 Å². The first-order valence-corrected chi connectivity index (χ1v) is 10.7. The lowest BCUT2D eigenvalue weighted by atomic mass is 10.0. The van der Waals surface area contributed by atoms with E-state index in [1.54, 1.807) is 4.90 Å². The molecule has 1 N–H and O–H groups in total. The molecule has 0 aromatic heterocycles. The fourth-order valence-corrected chi connectivity index (χ4v) is 4.34. The molecule has 2 unspecified atom stereocenters. The van der Waals surface area contributed by atoms with Gasteiger partial charge in [-0.3, -0.25) is 9.59 Å². The first-order valence-electron chi connectivity index (χ1n) is 10.7. The Bertz CT molecular complexity index is 941. The van der Waals surface area contributed by atoms with E-state index in [0.29, 0.717) is 37.2 Å². The lowest BCUT2D eigenvalue weighted by Gasteiger charge is -2.23. The van der Waals surface area contributed by atoms with Gasteiger partial charge in [0.25, 0.3) is 0 Å². The zero-order valence-corrected chi connectivity index (χ0v) is 16.9. The van der Waals surface area contributed by atoms with Crippen LogP contribution in [0.5, 0.6) is 11.5 Å². The molecule has 2 aliphatic heterocycles. The largest absolute Gasteiger partial charge is 0.486 e. The summed E-state index contributed by atoms with van der Waals surface area (Å²) in [5.74, 6) is 1.51. The van der Waals surface area contributed by atoms with Crippen molar-refractivity contribution in [3.05, 3.63) is 54.1 Å². The average molecular weight is 406 g/mol. The Labute approximate surface area is 176 Å². The Kier molecular flexibility index (Phi) is 5.07. The number of anilines is 1. The number of hydrogen-bond donors (Lipinski definition) is 1. The van der Waals surface area contributed by atoms with Crippen molar-refractivity contribution in [3.8, 4) is 11.5 Å². The second-order valence-corrected chi connectivity index (χ2v) is 8.38. The van der Waals surface area contributed by atoms with Crippen molar-refractivity contribution < 1.29 is 19.1 Å². The number of nitrogens with zero attached hydrogens (tertiary/aromatic N) is 1. The van der Waals surface area contributed by atoms with Gasteiger partial charge in [-0.15, -0.1) is 0 Å². The second-order valence-electron chi connectivity index (χ2n) is 8.38. The van der Waals surface area contributed by atoms with Gasteiger partial charge in [0.2, 0.25) is 11.8 Å². The van der Waals surface area contributed by atoms with Gasteiger partial charge >= 0.3 is 0 Å². The van der Waals surface area contributed by atoms with Gasteiger partial charge in [-0.25, -0.2) is 0 Å². The van der Waals surface area contributed by atoms with Gasteiger partial charge in [0.1, 0.15) is 13.2 Å². The van der Waals surface area contributed by atoms with Gasteiger partial charge < -0.3 is 19.7 Å². The number of rotatable bonds is 6. The maximum Gasteiger partial charge on any atom is 0.227 e. The van der Waals surface area contributed by atoms with Crippen molar-refractivity contribution in [1.29, 1.82) is 0 Å². The highest BCUT2D eigenvalue weighted by Crippen LogP contribution is 2.37. The summed E-state index contributed by atoms with van der Waals surface area (Å²) in [6.45, 7) is 1.43. The minimum atomic E-state index is -0.331. The summed E-state index contributed by atoms with van der Waals surface area (Å²) in [6.07, 6.45) is 3.39. The van der Waals surface area contributed by atoms with E-state index >= 15 is 0 Å². The smallest absolute Gasteiger partial charge is 0.227 e. The van der Waals surface area contributed by atoms with Gasteiger partial charge in [-0.2, -0.15) is 0 Å². The quantitative estimate of drug-likeness (QED) is 0.801. The van der Waals surface area contributed by atoms with Gasteiger partial charge in [-0.1, -0.05) is 30.3 Å². The van der Waals surface area contributed by atoms with Gasteiger partial charge in [0, 0.05) is 30.8 Å². The van der Waals surface area contributed by atoms with Crippen molar-refractivity contribution in [2.75, 3.05) is 24.7 Å². The predicted molar refractivity (Wildman–Crippen MR) is 113 cm³/mol. The van der Waals surface area contributed by atoms with Crippen LogP contribution < -0.4 is 19.7 Å². The molecule has 1 saturated heterocycles. The number of ether oxygens (including phenoxy) is 2. The zero-order chi connectivity index (χ0) is 20.5. The molecule has 1 saturated carbocycles. The summed E-state index contributed by atoms with van der Waals surface area (Å²) in [5.41, 5.74) is 1.98.